The molecule has 190 valence electrons. The molecule has 0 saturated carbocycles. The van der Waals surface area contributed by atoms with Crippen LogP contribution in [0.2, 0.25) is 0 Å². The summed E-state index contributed by atoms with van der Waals surface area (Å²) in [5.41, 5.74) is 11.3. The van der Waals surface area contributed by atoms with Crippen molar-refractivity contribution in [2.75, 3.05) is 6.54 Å². The van der Waals surface area contributed by atoms with Crippen LogP contribution in [0.5, 0.6) is 0 Å². The van der Waals surface area contributed by atoms with Gasteiger partial charge in [0, 0.05) is 6.42 Å². The normalized spacial score (nSPS) is 14.8. The second-order valence-corrected chi connectivity index (χ2v) is 8.68. The summed E-state index contributed by atoms with van der Waals surface area (Å²) >= 11 is 0. The van der Waals surface area contributed by atoms with Gasteiger partial charge in [0.1, 0.15) is 18.1 Å². The SMILES string of the molecule is CC(C)C(N)C(=O)NC(CCC(=O)O)C(=O)NC(CCCCN)C(=O)NC(C(=O)O)C(C)C. The predicted molar refractivity (Wildman–Crippen MR) is 121 cm³/mol. The summed E-state index contributed by atoms with van der Waals surface area (Å²) in [4.78, 5) is 60.5. The molecule has 0 rings (SSSR count). The molecule has 12 nitrogen and oxygen atoms in total. The average Bonchev–Trinajstić information content (AvgIpc) is 2.72. The van der Waals surface area contributed by atoms with E-state index in [1.807, 2.05) is 0 Å². The van der Waals surface area contributed by atoms with Gasteiger partial charge in [-0.15, -0.1) is 0 Å². The first-order valence-corrected chi connectivity index (χ1v) is 11.1. The van der Waals surface area contributed by atoms with Crippen molar-refractivity contribution in [1.82, 2.24) is 16.0 Å². The fourth-order valence-corrected chi connectivity index (χ4v) is 2.91. The summed E-state index contributed by atoms with van der Waals surface area (Å²) in [6.45, 7) is 7.09. The van der Waals surface area contributed by atoms with Crippen LogP contribution in [0.4, 0.5) is 0 Å². The lowest BCUT2D eigenvalue weighted by Crippen LogP contribution is -2.58. The van der Waals surface area contributed by atoms with Crippen LogP contribution in [-0.4, -0.2) is 70.6 Å². The highest BCUT2D eigenvalue weighted by atomic mass is 16.4. The summed E-state index contributed by atoms with van der Waals surface area (Å²) in [6, 6.07) is -4.38. The van der Waals surface area contributed by atoms with Crippen molar-refractivity contribution in [2.45, 2.75) is 84.0 Å². The van der Waals surface area contributed by atoms with Crippen molar-refractivity contribution >= 4 is 29.7 Å². The van der Waals surface area contributed by atoms with E-state index in [0.29, 0.717) is 19.4 Å². The minimum Gasteiger partial charge on any atom is -0.481 e. The van der Waals surface area contributed by atoms with E-state index in [4.69, 9.17) is 16.6 Å². The Labute approximate surface area is 194 Å². The third-order valence-corrected chi connectivity index (χ3v) is 5.11. The molecule has 0 radical (unpaired) electrons. The zero-order valence-corrected chi connectivity index (χ0v) is 19.8. The number of hydrogen-bond acceptors (Lipinski definition) is 7. The van der Waals surface area contributed by atoms with E-state index >= 15 is 0 Å². The van der Waals surface area contributed by atoms with E-state index in [2.05, 4.69) is 16.0 Å². The van der Waals surface area contributed by atoms with E-state index in [1.165, 1.54) is 0 Å². The van der Waals surface area contributed by atoms with Gasteiger partial charge in [-0.1, -0.05) is 27.7 Å². The van der Waals surface area contributed by atoms with Crippen LogP contribution >= 0.6 is 0 Å². The van der Waals surface area contributed by atoms with Crippen molar-refractivity contribution in [3.63, 3.8) is 0 Å². The monoisotopic (exact) mass is 473 g/mol. The largest absolute Gasteiger partial charge is 0.481 e. The Morgan fingerprint density at radius 2 is 1.27 bits per heavy atom. The Hall–Kier alpha value is -2.73. The molecular weight excluding hydrogens is 434 g/mol. The highest BCUT2D eigenvalue weighted by Gasteiger charge is 2.31. The maximum Gasteiger partial charge on any atom is 0.326 e. The van der Waals surface area contributed by atoms with E-state index in [9.17, 15) is 29.1 Å². The molecular formula is C21H39N5O7. The van der Waals surface area contributed by atoms with E-state index in [1.54, 1.807) is 27.7 Å². The van der Waals surface area contributed by atoms with Crippen LogP contribution in [0.1, 0.15) is 59.8 Å². The van der Waals surface area contributed by atoms with Crippen molar-refractivity contribution in [3.05, 3.63) is 0 Å². The van der Waals surface area contributed by atoms with Gasteiger partial charge in [0.05, 0.1) is 6.04 Å². The highest BCUT2D eigenvalue weighted by molar-refractivity contribution is 5.94. The van der Waals surface area contributed by atoms with Crippen LogP contribution < -0.4 is 27.4 Å². The number of nitrogens with one attached hydrogen (secondary N) is 3. The van der Waals surface area contributed by atoms with Crippen LogP contribution in [0.15, 0.2) is 0 Å². The fourth-order valence-electron chi connectivity index (χ4n) is 2.91. The Bertz CT molecular complexity index is 684. The van der Waals surface area contributed by atoms with Crippen LogP contribution in [0.25, 0.3) is 0 Å². The molecule has 0 aliphatic rings. The van der Waals surface area contributed by atoms with Gasteiger partial charge in [-0.25, -0.2) is 4.79 Å². The zero-order valence-electron chi connectivity index (χ0n) is 19.8. The number of amides is 3. The minimum absolute atomic E-state index is 0.185. The Kier molecular flexibility index (Phi) is 13.9. The molecule has 3 amide bonds. The molecule has 0 aromatic rings. The molecule has 0 aromatic heterocycles. The molecule has 0 heterocycles. The van der Waals surface area contributed by atoms with Gasteiger partial charge < -0.3 is 37.6 Å². The van der Waals surface area contributed by atoms with Crippen LogP contribution in [-0.2, 0) is 24.0 Å². The van der Waals surface area contributed by atoms with Crippen molar-refractivity contribution < 1.29 is 34.2 Å². The van der Waals surface area contributed by atoms with Crippen molar-refractivity contribution in [1.29, 1.82) is 0 Å². The maximum atomic E-state index is 12.9. The number of carboxylic acid groups (broad SMARTS) is 2. The second kappa shape index (κ2) is 15.2. The lowest BCUT2D eigenvalue weighted by Gasteiger charge is -2.26. The van der Waals surface area contributed by atoms with E-state index < -0.39 is 66.2 Å². The summed E-state index contributed by atoms with van der Waals surface area (Å²) in [6.07, 6.45) is 0.643. The second-order valence-electron chi connectivity index (χ2n) is 8.68. The van der Waals surface area contributed by atoms with E-state index in [0.717, 1.165) is 0 Å². The molecule has 0 aliphatic carbocycles. The smallest absolute Gasteiger partial charge is 0.326 e. The first kappa shape index (κ1) is 30.3. The average molecular weight is 474 g/mol. The maximum absolute atomic E-state index is 12.9. The van der Waals surface area contributed by atoms with E-state index in [-0.39, 0.29) is 18.8 Å². The molecule has 0 bridgehead atoms. The molecule has 0 aromatic carbocycles. The van der Waals surface area contributed by atoms with Gasteiger partial charge in [-0.3, -0.25) is 19.2 Å². The predicted octanol–water partition coefficient (Wildman–Crippen LogP) is -0.841. The van der Waals surface area contributed by atoms with Gasteiger partial charge in [-0.05, 0) is 44.1 Å². The number of carboxylic acids is 2. The molecule has 12 heteroatoms. The first-order valence-electron chi connectivity index (χ1n) is 11.1. The van der Waals surface area contributed by atoms with Crippen molar-refractivity contribution in [2.24, 2.45) is 23.3 Å². The quantitative estimate of drug-likeness (QED) is 0.139. The number of carbonyl (C=O) groups excluding carboxylic acids is 3. The summed E-state index contributed by atoms with van der Waals surface area (Å²) < 4.78 is 0. The van der Waals surface area contributed by atoms with Gasteiger partial charge in [-0.2, -0.15) is 0 Å². The third-order valence-electron chi connectivity index (χ3n) is 5.11. The van der Waals surface area contributed by atoms with Gasteiger partial charge in [0.25, 0.3) is 0 Å². The Morgan fingerprint density at radius 1 is 0.758 bits per heavy atom. The number of rotatable bonds is 16. The first-order chi connectivity index (χ1) is 15.3. The number of carbonyl (C=O) groups is 5. The van der Waals surface area contributed by atoms with Gasteiger partial charge in [0.2, 0.25) is 17.7 Å². The molecule has 0 saturated heterocycles. The topological polar surface area (TPSA) is 214 Å². The standard InChI is InChI=1S/C21H39N5O7/c1-11(2)16(23)20(31)25-14(8-9-15(27)28)18(29)24-13(7-5-6-10-22)19(30)26-17(12(3)4)21(32)33/h11-14,16-17H,5-10,22-23H2,1-4H3,(H,24,29)(H,25,31)(H,26,30)(H,27,28)(H,32,33). The number of hydrogen-bond donors (Lipinski definition) is 7. The fraction of sp³-hybridized carbons (Fsp3) is 0.762. The highest BCUT2D eigenvalue weighted by Crippen LogP contribution is 2.08. The van der Waals surface area contributed by atoms with Gasteiger partial charge in [0.15, 0.2) is 0 Å². The minimum atomic E-state index is -1.23. The number of nitrogens with two attached hydrogens (primary N) is 2. The summed E-state index contributed by atoms with van der Waals surface area (Å²) in [7, 11) is 0. The lowest BCUT2D eigenvalue weighted by molar-refractivity contribution is -0.143. The summed E-state index contributed by atoms with van der Waals surface area (Å²) in [5.74, 6) is -5.05. The molecule has 0 aliphatic heterocycles. The lowest BCUT2D eigenvalue weighted by atomic mass is 10.0. The molecule has 33 heavy (non-hydrogen) atoms. The Balaban J connectivity index is 5.57. The van der Waals surface area contributed by atoms with Crippen LogP contribution in [0.3, 0.4) is 0 Å². The number of aliphatic carboxylic acids is 2. The molecule has 0 spiro atoms. The third kappa shape index (κ3) is 11.6. The molecule has 4 unspecified atom stereocenters. The number of unbranched alkanes of at least 4 members (excludes halogenated alkanes) is 1. The molecule has 4 atom stereocenters. The van der Waals surface area contributed by atoms with Crippen LogP contribution in [0, 0.1) is 11.8 Å². The molecule has 0 fully saturated rings. The summed E-state index contributed by atoms with van der Waals surface area (Å²) in [5, 5.41) is 25.7. The van der Waals surface area contributed by atoms with Crippen molar-refractivity contribution in [3.8, 4) is 0 Å². The van der Waals surface area contributed by atoms with Gasteiger partial charge >= 0.3 is 11.9 Å². The Morgan fingerprint density at radius 3 is 1.73 bits per heavy atom. The zero-order chi connectivity index (χ0) is 25.7. The molecule has 9 N–H and O–H groups in total.